The maximum absolute atomic E-state index is 12.0. The van der Waals surface area contributed by atoms with E-state index in [4.69, 9.17) is 4.42 Å². The van der Waals surface area contributed by atoms with Crippen LogP contribution in [0.5, 0.6) is 0 Å². The highest BCUT2D eigenvalue weighted by molar-refractivity contribution is 5.91. The minimum atomic E-state index is -0.437. The van der Waals surface area contributed by atoms with E-state index in [0.29, 0.717) is 0 Å². The van der Waals surface area contributed by atoms with Gasteiger partial charge in [-0.15, -0.1) is 0 Å². The molecule has 2 rings (SSSR count). The van der Waals surface area contributed by atoms with E-state index in [1.807, 2.05) is 19.1 Å². The summed E-state index contributed by atoms with van der Waals surface area (Å²) in [4.78, 5) is 35.5. The number of nitrogens with one attached hydrogen (secondary N) is 1. The molecule has 0 aliphatic heterocycles. The summed E-state index contributed by atoms with van der Waals surface area (Å²) in [7, 11) is 2.95. The largest absolute Gasteiger partial charge is 0.469 e. The Balaban J connectivity index is 1.95. The summed E-state index contributed by atoms with van der Waals surface area (Å²) in [5.41, 5.74) is -0.570. The van der Waals surface area contributed by atoms with E-state index in [0.717, 1.165) is 23.2 Å². The van der Waals surface area contributed by atoms with Gasteiger partial charge in [-0.25, -0.2) is 4.79 Å². The van der Waals surface area contributed by atoms with Crippen molar-refractivity contribution < 1.29 is 9.21 Å². The molecule has 24 heavy (non-hydrogen) atoms. The van der Waals surface area contributed by atoms with Crippen molar-refractivity contribution in [3.63, 3.8) is 0 Å². The summed E-state index contributed by atoms with van der Waals surface area (Å²) in [6.45, 7) is 1.90. The Labute approximate surface area is 139 Å². The first kappa shape index (κ1) is 17.5. The summed E-state index contributed by atoms with van der Waals surface area (Å²) in [5, 5.41) is 2.83. The summed E-state index contributed by atoms with van der Waals surface area (Å²) in [6, 6.07) is 3.69. The third-order valence-electron chi connectivity index (χ3n) is 3.68. The van der Waals surface area contributed by atoms with E-state index in [9.17, 15) is 14.4 Å². The Morgan fingerprint density at radius 1 is 1.38 bits per heavy atom. The summed E-state index contributed by atoms with van der Waals surface area (Å²) < 4.78 is 7.55. The van der Waals surface area contributed by atoms with Gasteiger partial charge >= 0.3 is 5.69 Å². The van der Waals surface area contributed by atoms with Crippen LogP contribution in [0.25, 0.3) is 6.08 Å². The number of furan rings is 1. The molecule has 1 N–H and O–H groups in total. The fourth-order valence-corrected chi connectivity index (χ4v) is 2.29. The third kappa shape index (κ3) is 4.34. The zero-order valence-corrected chi connectivity index (χ0v) is 14.0. The van der Waals surface area contributed by atoms with Crippen LogP contribution in [0, 0.1) is 0 Å². The fourth-order valence-electron chi connectivity index (χ4n) is 2.29. The maximum Gasteiger partial charge on any atom is 0.330 e. The Kier molecular flexibility index (Phi) is 5.57. The second-order valence-corrected chi connectivity index (χ2v) is 5.70. The average Bonchev–Trinajstić information content (AvgIpc) is 3.06. The van der Waals surface area contributed by atoms with E-state index in [-0.39, 0.29) is 17.5 Å². The molecule has 0 aliphatic rings. The predicted octanol–water partition coefficient (Wildman–Crippen LogP) is 0.828. The minimum absolute atomic E-state index is 0.0322. The molecular formula is C17H21N3O4. The Morgan fingerprint density at radius 2 is 2.12 bits per heavy atom. The molecule has 0 bridgehead atoms. The number of hydrogen-bond acceptors (Lipinski definition) is 4. The van der Waals surface area contributed by atoms with E-state index >= 15 is 0 Å². The van der Waals surface area contributed by atoms with Gasteiger partial charge in [0.05, 0.1) is 11.8 Å². The summed E-state index contributed by atoms with van der Waals surface area (Å²) >= 11 is 0. The van der Waals surface area contributed by atoms with Crippen molar-refractivity contribution in [3.8, 4) is 0 Å². The quantitative estimate of drug-likeness (QED) is 0.794. The molecule has 7 nitrogen and oxygen atoms in total. The zero-order valence-electron chi connectivity index (χ0n) is 14.0. The molecule has 0 radical (unpaired) electrons. The lowest BCUT2D eigenvalue weighted by molar-refractivity contribution is -0.117. The van der Waals surface area contributed by atoms with Crippen molar-refractivity contribution in [2.45, 2.75) is 25.8 Å². The second kappa shape index (κ2) is 7.63. The van der Waals surface area contributed by atoms with Crippen LogP contribution in [0.1, 0.15) is 24.7 Å². The summed E-state index contributed by atoms with van der Waals surface area (Å²) in [5.74, 6) is 0.582. The first-order valence-electron chi connectivity index (χ1n) is 7.66. The van der Waals surface area contributed by atoms with Crippen molar-refractivity contribution in [2.24, 2.45) is 14.1 Å². The van der Waals surface area contributed by atoms with Gasteiger partial charge in [-0.1, -0.05) is 0 Å². The molecule has 0 saturated carbocycles. The fraction of sp³-hybridized carbons (Fsp3) is 0.353. The Bertz CT molecular complexity index is 844. The van der Waals surface area contributed by atoms with Gasteiger partial charge < -0.3 is 14.3 Å². The predicted molar refractivity (Wildman–Crippen MR) is 90.6 cm³/mol. The lowest BCUT2D eigenvalue weighted by Gasteiger charge is -2.11. The lowest BCUT2D eigenvalue weighted by atomic mass is 10.1. The van der Waals surface area contributed by atoms with Gasteiger partial charge in [0.1, 0.15) is 5.76 Å². The highest BCUT2D eigenvalue weighted by Gasteiger charge is 2.08. The number of aromatic nitrogens is 2. The van der Waals surface area contributed by atoms with E-state index < -0.39 is 11.2 Å². The molecule has 0 aromatic carbocycles. The number of carbonyl (C=O) groups excluding carboxylic acids is 1. The van der Waals surface area contributed by atoms with Crippen molar-refractivity contribution in [2.75, 3.05) is 0 Å². The van der Waals surface area contributed by atoms with Gasteiger partial charge in [0.25, 0.3) is 5.56 Å². The number of hydrogen-bond donors (Lipinski definition) is 1. The van der Waals surface area contributed by atoms with Gasteiger partial charge in [-0.2, -0.15) is 0 Å². The van der Waals surface area contributed by atoms with E-state index in [2.05, 4.69) is 5.32 Å². The Morgan fingerprint density at radius 3 is 2.79 bits per heavy atom. The number of rotatable bonds is 6. The topological polar surface area (TPSA) is 86.2 Å². The molecule has 0 saturated heterocycles. The van der Waals surface area contributed by atoms with Gasteiger partial charge in [0.2, 0.25) is 5.91 Å². The highest BCUT2D eigenvalue weighted by Crippen LogP contribution is 2.05. The molecule has 128 valence electrons. The van der Waals surface area contributed by atoms with Crippen LogP contribution in [-0.2, 0) is 25.3 Å². The molecule has 1 amide bonds. The van der Waals surface area contributed by atoms with Crippen molar-refractivity contribution in [1.29, 1.82) is 0 Å². The van der Waals surface area contributed by atoms with Crippen LogP contribution >= 0.6 is 0 Å². The minimum Gasteiger partial charge on any atom is -0.469 e. The molecule has 2 aromatic heterocycles. The Hall–Kier alpha value is -2.83. The zero-order chi connectivity index (χ0) is 17.7. The van der Waals surface area contributed by atoms with E-state index in [1.165, 1.54) is 30.0 Å². The van der Waals surface area contributed by atoms with Gasteiger partial charge in [0, 0.05) is 38.8 Å². The molecule has 2 aromatic rings. The normalized spacial score (nSPS) is 12.5. The summed E-state index contributed by atoms with van der Waals surface area (Å²) in [6.07, 6.45) is 7.22. The van der Waals surface area contributed by atoms with Crippen molar-refractivity contribution in [3.05, 3.63) is 62.8 Å². The van der Waals surface area contributed by atoms with Gasteiger partial charge in [0.15, 0.2) is 0 Å². The molecule has 0 aliphatic carbocycles. The number of nitrogens with zero attached hydrogens (tertiary/aromatic N) is 2. The number of aryl methyl sites for hydroxylation is 2. The monoisotopic (exact) mass is 331 g/mol. The molecule has 1 unspecified atom stereocenters. The molecule has 1 atom stereocenters. The van der Waals surface area contributed by atoms with Crippen LogP contribution in [-0.4, -0.2) is 21.1 Å². The van der Waals surface area contributed by atoms with Crippen LogP contribution in [0.3, 0.4) is 0 Å². The molecule has 7 heteroatoms. The smallest absolute Gasteiger partial charge is 0.330 e. The van der Waals surface area contributed by atoms with E-state index in [1.54, 1.807) is 13.3 Å². The van der Waals surface area contributed by atoms with Crippen LogP contribution in [0.4, 0.5) is 0 Å². The molecule has 0 spiro atoms. The SMILES string of the molecule is CC(CCc1ccco1)NC(=O)/C=C/c1cn(C)c(=O)n(C)c1=O. The first-order chi connectivity index (χ1) is 11.4. The molecule has 2 heterocycles. The van der Waals surface area contributed by atoms with Crippen LogP contribution in [0.2, 0.25) is 0 Å². The maximum atomic E-state index is 12.0. The standard InChI is InChI=1S/C17H21N3O4/c1-12(6-8-14-5-4-10-24-14)18-15(21)9-7-13-11-19(2)17(23)20(3)16(13)22/h4-5,7,9-12H,6,8H2,1-3H3,(H,18,21)/b9-7+. The number of carbonyl (C=O) groups is 1. The van der Waals surface area contributed by atoms with Crippen molar-refractivity contribution >= 4 is 12.0 Å². The average molecular weight is 331 g/mol. The lowest BCUT2D eigenvalue weighted by Crippen LogP contribution is -2.37. The molecular weight excluding hydrogens is 310 g/mol. The second-order valence-electron chi connectivity index (χ2n) is 5.70. The van der Waals surface area contributed by atoms with Crippen LogP contribution in [0.15, 0.2) is 44.7 Å². The number of amides is 1. The van der Waals surface area contributed by atoms with Gasteiger partial charge in [-0.3, -0.25) is 14.2 Å². The van der Waals surface area contributed by atoms with Gasteiger partial charge in [-0.05, 0) is 31.6 Å². The molecule has 0 fully saturated rings. The van der Waals surface area contributed by atoms with Crippen LogP contribution < -0.4 is 16.6 Å². The highest BCUT2D eigenvalue weighted by atomic mass is 16.3. The first-order valence-corrected chi connectivity index (χ1v) is 7.66. The third-order valence-corrected chi connectivity index (χ3v) is 3.68. The van der Waals surface area contributed by atoms with Crippen molar-refractivity contribution in [1.82, 2.24) is 14.5 Å².